The Balaban J connectivity index is 1.74. The monoisotopic (exact) mass is 449 g/mol. The van der Waals surface area contributed by atoms with Crippen LogP contribution in [0, 0.1) is 0 Å². The molecule has 7 nitrogen and oxygen atoms in total. The predicted octanol–water partition coefficient (Wildman–Crippen LogP) is 4.75. The van der Waals surface area contributed by atoms with Crippen LogP contribution in [0.5, 0.6) is 0 Å². The highest BCUT2D eigenvalue weighted by atomic mass is 16.5. The fourth-order valence-corrected chi connectivity index (χ4v) is 4.68. The number of carbonyl (C=O) groups excluding carboxylic acids is 2. The van der Waals surface area contributed by atoms with Crippen molar-refractivity contribution in [3.05, 3.63) is 64.8 Å². The third-order valence-corrected chi connectivity index (χ3v) is 6.26. The summed E-state index contributed by atoms with van der Waals surface area (Å²) in [6, 6.07) is 9.73. The Labute approximate surface area is 194 Å². The standard InChI is InChI=1S/C26H31N3O4/c1-4-32-25(30)21-16(2)28-17(3)22(26(31)33-19-13-9-6-10-14-19)23(21)20-15-27-24(29-20)18-11-7-5-8-12-18/h5,7-8,11-12,15,19,23,28H,4,6,9-10,13-14H2,1-3H3,(H,27,29). The van der Waals surface area contributed by atoms with E-state index in [2.05, 4.69) is 15.3 Å². The highest BCUT2D eigenvalue weighted by Gasteiger charge is 2.39. The van der Waals surface area contributed by atoms with Gasteiger partial charge in [0, 0.05) is 28.8 Å². The van der Waals surface area contributed by atoms with Gasteiger partial charge in [-0.15, -0.1) is 0 Å². The SMILES string of the molecule is CCOC(=O)C1=C(C)NC(C)=C(C(=O)OC2CCCCC2)C1c1cnc(-c2ccccc2)[nH]1. The number of rotatable bonds is 6. The van der Waals surface area contributed by atoms with E-state index in [-0.39, 0.29) is 12.7 Å². The zero-order valence-corrected chi connectivity index (χ0v) is 19.4. The first-order chi connectivity index (χ1) is 16.0. The molecule has 0 radical (unpaired) electrons. The number of nitrogens with zero attached hydrogens (tertiary/aromatic N) is 1. The number of aromatic nitrogens is 2. The van der Waals surface area contributed by atoms with Crippen molar-refractivity contribution in [2.24, 2.45) is 0 Å². The molecule has 2 N–H and O–H groups in total. The number of dihydropyridines is 1. The first-order valence-electron chi connectivity index (χ1n) is 11.7. The smallest absolute Gasteiger partial charge is 0.337 e. The molecule has 174 valence electrons. The number of H-pyrrole nitrogens is 1. The van der Waals surface area contributed by atoms with Crippen LogP contribution in [0.25, 0.3) is 11.4 Å². The van der Waals surface area contributed by atoms with Gasteiger partial charge in [-0.2, -0.15) is 0 Å². The topological polar surface area (TPSA) is 93.3 Å². The summed E-state index contributed by atoms with van der Waals surface area (Å²) < 4.78 is 11.3. The van der Waals surface area contributed by atoms with Gasteiger partial charge in [0.1, 0.15) is 11.9 Å². The van der Waals surface area contributed by atoms with Crippen LogP contribution in [0.4, 0.5) is 0 Å². The Morgan fingerprint density at radius 3 is 2.33 bits per heavy atom. The Kier molecular flexibility index (Phi) is 6.96. The Hall–Kier alpha value is -3.35. The van der Waals surface area contributed by atoms with Crippen molar-refractivity contribution in [1.29, 1.82) is 0 Å². The molecular formula is C26H31N3O4. The fourth-order valence-electron chi connectivity index (χ4n) is 4.68. The van der Waals surface area contributed by atoms with Crippen LogP contribution in [-0.4, -0.2) is 34.6 Å². The van der Waals surface area contributed by atoms with Crippen molar-refractivity contribution in [3.63, 3.8) is 0 Å². The average Bonchev–Trinajstić information content (AvgIpc) is 3.30. The maximum atomic E-state index is 13.4. The second-order valence-corrected chi connectivity index (χ2v) is 8.57. The average molecular weight is 450 g/mol. The number of nitrogens with one attached hydrogen (secondary N) is 2. The van der Waals surface area contributed by atoms with Crippen LogP contribution >= 0.6 is 0 Å². The van der Waals surface area contributed by atoms with Crippen molar-refractivity contribution in [1.82, 2.24) is 15.3 Å². The van der Waals surface area contributed by atoms with Crippen LogP contribution in [0.3, 0.4) is 0 Å². The number of allylic oxidation sites excluding steroid dienone is 2. The van der Waals surface area contributed by atoms with Gasteiger partial charge in [0.05, 0.1) is 23.7 Å². The molecule has 1 atom stereocenters. The molecule has 1 unspecified atom stereocenters. The van der Waals surface area contributed by atoms with Crippen molar-refractivity contribution in [2.45, 2.75) is 64.9 Å². The van der Waals surface area contributed by atoms with Crippen molar-refractivity contribution in [3.8, 4) is 11.4 Å². The van der Waals surface area contributed by atoms with Gasteiger partial charge in [-0.1, -0.05) is 36.8 Å². The Morgan fingerprint density at radius 2 is 1.67 bits per heavy atom. The van der Waals surface area contributed by atoms with Crippen LogP contribution in [0.15, 0.2) is 59.1 Å². The van der Waals surface area contributed by atoms with Gasteiger partial charge in [-0.25, -0.2) is 14.6 Å². The summed E-state index contributed by atoms with van der Waals surface area (Å²) in [5.74, 6) is -0.852. The fraction of sp³-hybridized carbons (Fsp3) is 0.423. The Bertz CT molecular complexity index is 1080. The first-order valence-corrected chi connectivity index (χ1v) is 11.7. The molecule has 4 rings (SSSR count). The molecule has 1 fully saturated rings. The number of hydrogen-bond donors (Lipinski definition) is 2. The van der Waals surface area contributed by atoms with Crippen LogP contribution < -0.4 is 5.32 Å². The maximum Gasteiger partial charge on any atom is 0.337 e. The molecule has 33 heavy (non-hydrogen) atoms. The summed E-state index contributed by atoms with van der Waals surface area (Å²) in [6.45, 7) is 5.66. The van der Waals surface area contributed by atoms with E-state index in [9.17, 15) is 9.59 Å². The summed E-state index contributed by atoms with van der Waals surface area (Å²) in [4.78, 5) is 34.3. The molecular weight excluding hydrogens is 418 g/mol. The van der Waals surface area contributed by atoms with Gasteiger partial charge in [-0.3, -0.25) is 0 Å². The van der Waals surface area contributed by atoms with Crippen LogP contribution in [0.2, 0.25) is 0 Å². The molecule has 0 amide bonds. The Morgan fingerprint density at radius 1 is 1.00 bits per heavy atom. The molecule has 0 saturated heterocycles. The number of carbonyl (C=O) groups is 2. The van der Waals surface area contributed by atoms with Crippen molar-refractivity contribution < 1.29 is 19.1 Å². The summed E-state index contributed by atoms with van der Waals surface area (Å²) >= 11 is 0. The van der Waals surface area contributed by atoms with Gasteiger partial charge < -0.3 is 19.8 Å². The molecule has 1 aromatic carbocycles. The normalized spacial score (nSPS) is 19.3. The van der Waals surface area contributed by atoms with Crippen molar-refractivity contribution in [2.75, 3.05) is 6.61 Å². The second kappa shape index (κ2) is 10.1. The summed E-state index contributed by atoms with van der Waals surface area (Å²) in [7, 11) is 0. The van der Waals surface area contributed by atoms with Gasteiger partial charge in [-0.05, 0) is 46.5 Å². The van der Waals surface area contributed by atoms with E-state index >= 15 is 0 Å². The largest absolute Gasteiger partial charge is 0.463 e. The van der Waals surface area contributed by atoms with E-state index in [4.69, 9.17) is 9.47 Å². The minimum absolute atomic E-state index is 0.0908. The lowest BCUT2D eigenvalue weighted by Gasteiger charge is -2.31. The lowest BCUT2D eigenvalue weighted by atomic mass is 9.83. The van der Waals surface area contributed by atoms with Crippen LogP contribution in [-0.2, 0) is 19.1 Å². The first kappa shape index (κ1) is 22.8. The molecule has 1 aliphatic carbocycles. The zero-order chi connectivity index (χ0) is 23.4. The molecule has 1 aromatic heterocycles. The molecule has 2 aromatic rings. The lowest BCUT2D eigenvalue weighted by molar-refractivity contribution is -0.146. The van der Waals surface area contributed by atoms with Crippen molar-refractivity contribution >= 4 is 11.9 Å². The number of esters is 2. The van der Waals surface area contributed by atoms with E-state index in [1.807, 2.05) is 44.2 Å². The molecule has 2 aliphatic rings. The maximum absolute atomic E-state index is 13.4. The minimum atomic E-state index is -0.661. The predicted molar refractivity (Wildman–Crippen MR) is 125 cm³/mol. The molecule has 1 aliphatic heterocycles. The van der Waals surface area contributed by atoms with E-state index in [0.29, 0.717) is 34.1 Å². The van der Waals surface area contributed by atoms with Crippen LogP contribution in [0.1, 0.15) is 64.5 Å². The number of ether oxygens (including phenoxy) is 2. The molecule has 0 spiro atoms. The number of hydrogen-bond acceptors (Lipinski definition) is 6. The highest BCUT2D eigenvalue weighted by molar-refractivity contribution is 5.99. The van der Waals surface area contributed by atoms with Gasteiger partial charge in [0.25, 0.3) is 0 Å². The zero-order valence-electron chi connectivity index (χ0n) is 19.4. The van der Waals surface area contributed by atoms with E-state index < -0.39 is 17.9 Å². The molecule has 1 saturated carbocycles. The van der Waals surface area contributed by atoms with E-state index in [0.717, 1.165) is 31.2 Å². The minimum Gasteiger partial charge on any atom is -0.463 e. The molecule has 7 heteroatoms. The van der Waals surface area contributed by atoms with Gasteiger partial charge in [0.15, 0.2) is 0 Å². The van der Waals surface area contributed by atoms with E-state index in [1.165, 1.54) is 6.42 Å². The summed E-state index contributed by atoms with van der Waals surface area (Å²) in [5.41, 5.74) is 3.69. The summed E-state index contributed by atoms with van der Waals surface area (Å²) in [5, 5.41) is 3.20. The van der Waals surface area contributed by atoms with Gasteiger partial charge >= 0.3 is 11.9 Å². The van der Waals surface area contributed by atoms with E-state index in [1.54, 1.807) is 13.1 Å². The second-order valence-electron chi connectivity index (χ2n) is 8.57. The third kappa shape index (κ3) is 4.87. The summed E-state index contributed by atoms with van der Waals surface area (Å²) in [6.07, 6.45) is 6.64. The number of benzene rings is 1. The molecule has 2 heterocycles. The third-order valence-electron chi connectivity index (χ3n) is 6.26. The molecule has 0 bridgehead atoms. The quantitative estimate of drug-likeness (QED) is 0.618. The van der Waals surface area contributed by atoms with Gasteiger partial charge in [0.2, 0.25) is 0 Å². The highest BCUT2D eigenvalue weighted by Crippen LogP contribution is 2.39. The lowest BCUT2D eigenvalue weighted by Crippen LogP contribution is -2.34. The number of aromatic amines is 1. The number of imidazole rings is 1.